The molecule has 2 rings (SSSR count). The van der Waals surface area contributed by atoms with Crippen LogP contribution in [-0.2, 0) is 6.61 Å². The molecule has 2 aromatic carbocycles. The maximum atomic E-state index is 13.6. The van der Waals surface area contributed by atoms with Gasteiger partial charge in [-0.3, -0.25) is 4.79 Å². The SMILES string of the molecule is CC(=O)c1ccc(OCc2cc(Cl)ccc2F)c(C)c1. The van der Waals surface area contributed by atoms with Crippen LogP contribution >= 0.6 is 11.6 Å². The predicted molar refractivity (Wildman–Crippen MR) is 76.9 cm³/mol. The minimum atomic E-state index is -0.354. The zero-order chi connectivity index (χ0) is 14.7. The molecule has 0 aliphatic carbocycles. The van der Waals surface area contributed by atoms with Crippen LogP contribution in [0.3, 0.4) is 0 Å². The van der Waals surface area contributed by atoms with E-state index in [1.165, 1.54) is 25.1 Å². The third-order valence-electron chi connectivity index (χ3n) is 2.97. The van der Waals surface area contributed by atoms with E-state index in [2.05, 4.69) is 0 Å². The maximum Gasteiger partial charge on any atom is 0.159 e. The Hall–Kier alpha value is -1.87. The van der Waals surface area contributed by atoms with Crippen LogP contribution in [0, 0.1) is 12.7 Å². The van der Waals surface area contributed by atoms with Gasteiger partial charge in [-0.25, -0.2) is 4.39 Å². The lowest BCUT2D eigenvalue weighted by molar-refractivity contribution is 0.101. The highest BCUT2D eigenvalue weighted by atomic mass is 35.5. The van der Waals surface area contributed by atoms with Crippen molar-refractivity contribution >= 4 is 17.4 Å². The Balaban J connectivity index is 2.15. The molecular weight excluding hydrogens is 279 g/mol. The number of benzene rings is 2. The minimum absolute atomic E-state index is 0.000496. The lowest BCUT2D eigenvalue weighted by Crippen LogP contribution is -2.01. The van der Waals surface area contributed by atoms with E-state index in [0.717, 1.165) is 5.56 Å². The molecular formula is C16H14ClFO2. The van der Waals surface area contributed by atoms with E-state index < -0.39 is 0 Å². The van der Waals surface area contributed by atoms with Crippen LogP contribution in [0.1, 0.15) is 28.4 Å². The Morgan fingerprint density at radius 3 is 2.65 bits per heavy atom. The molecule has 2 nitrogen and oxygen atoms in total. The van der Waals surface area contributed by atoms with Gasteiger partial charge in [0.2, 0.25) is 0 Å². The molecule has 0 amide bonds. The van der Waals surface area contributed by atoms with Crippen LogP contribution in [0.2, 0.25) is 5.02 Å². The second kappa shape index (κ2) is 6.06. The Morgan fingerprint density at radius 2 is 2.00 bits per heavy atom. The van der Waals surface area contributed by atoms with Gasteiger partial charge in [-0.05, 0) is 55.8 Å². The summed E-state index contributed by atoms with van der Waals surface area (Å²) < 4.78 is 19.1. The number of aryl methyl sites for hydroxylation is 1. The van der Waals surface area contributed by atoms with E-state index >= 15 is 0 Å². The Morgan fingerprint density at radius 1 is 1.25 bits per heavy atom. The zero-order valence-electron chi connectivity index (χ0n) is 11.2. The van der Waals surface area contributed by atoms with Gasteiger partial charge in [0.1, 0.15) is 18.2 Å². The van der Waals surface area contributed by atoms with Crippen molar-refractivity contribution in [3.63, 3.8) is 0 Å². The summed E-state index contributed by atoms with van der Waals surface area (Å²) in [7, 11) is 0. The van der Waals surface area contributed by atoms with Crippen molar-refractivity contribution in [3.05, 3.63) is 63.9 Å². The summed E-state index contributed by atoms with van der Waals surface area (Å²) in [4.78, 5) is 11.3. The van der Waals surface area contributed by atoms with Crippen molar-refractivity contribution in [2.45, 2.75) is 20.5 Å². The molecule has 0 unspecified atom stereocenters. The van der Waals surface area contributed by atoms with E-state index in [1.807, 2.05) is 6.92 Å². The largest absolute Gasteiger partial charge is 0.489 e. The first-order chi connectivity index (χ1) is 9.47. The summed E-state index contributed by atoms with van der Waals surface area (Å²) in [5.74, 6) is 0.266. The first kappa shape index (κ1) is 14.5. The molecule has 104 valence electrons. The van der Waals surface area contributed by atoms with Gasteiger partial charge < -0.3 is 4.74 Å². The highest BCUT2D eigenvalue weighted by Crippen LogP contribution is 2.22. The Bertz CT molecular complexity index is 653. The molecule has 0 atom stereocenters. The summed E-state index contributed by atoms with van der Waals surface area (Å²) in [5, 5.41) is 0.466. The summed E-state index contributed by atoms with van der Waals surface area (Å²) in [6, 6.07) is 9.51. The lowest BCUT2D eigenvalue weighted by Gasteiger charge is -2.11. The fourth-order valence-electron chi connectivity index (χ4n) is 1.84. The molecule has 0 heterocycles. The summed E-state index contributed by atoms with van der Waals surface area (Å²) in [6.45, 7) is 3.44. The number of ketones is 1. The molecule has 0 spiro atoms. The summed E-state index contributed by atoms with van der Waals surface area (Å²) in [6.07, 6.45) is 0. The standard InChI is InChI=1S/C16H14ClFO2/c1-10-7-12(11(2)19)3-6-16(10)20-9-13-8-14(17)4-5-15(13)18/h3-8H,9H2,1-2H3. The maximum absolute atomic E-state index is 13.6. The Labute approximate surface area is 122 Å². The number of carbonyl (C=O) groups excluding carboxylic acids is 1. The molecule has 0 bridgehead atoms. The predicted octanol–water partition coefficient (Wildman–Crippen LogP) is 4.57. The van der Waals surface area contributed by atoms with Gasteiger partial charge in [0.15, 0.2) is 5.78 Å². The van der Waals surface area contributed by atoms with Gasteiger partial charge in [0.05, 0.1) is 0 Å². The van der Waals surface area contributed by atoms with Gasteiger partial charge in [-0.15, -0.1) is 0 Å². The monoisotopic (exact) mass is 292 g/mol. The topological polar surface area (TPSA) is 26.3 Å². The van der Waals surface area contributed by atoms with E-state index in [-0.39, 0.29) is 18.2 Å². The van der Waals surface area contributed by atoms with Crippen LogP contribution in [0.4, 0.5) is 4.39 Å². The number of Topliss-reactive ketones (excluding diaryl/α,β-unsaturated/α-hetero) is 1. The van der Waals surface area contributed by atoms with Crippen molar-refractivity contribution in [1.29, 1.82) is 0 Å². The van der Waals surface area contributed by atoms with Crippen LogP contribution in [0.15, 0.2) is 36.4 Å². The fraction of sp³-hybridized carbons (Fsp3) is 0.188. The van der Waals surface area contributed by atoms with Crippen molar-refractivity contribution in [2.75, 3.05) is 0 Å². The number of hydrogen-bond donors (Lipinski definition) is 0. The normalized spacial score (nSPS) is 10.4. The Kier molecular flexibility index (Phi) is 4.40. The molecule has 2 aromatic rings. The van der Waals surface area contributed by atoms with Gasteiger partial charge in [0.25, 0.3) is 0 Å². The molecule has 4 heteroatoms. The van der Waals surface area contributed by atoms with Crippen molar-refractivity contribution in [1.82, 2.24) is 0 Å². The average Bonchev–Trinajstić information content (AvgIpc) is 2.40. The molecule has 0 saturated carbocycles. The van der Waals surface area contributed by atoms with Gasteiger partial charge in [0, 0.05) is 16.1 Å². The number of halogens is 2. The molecule has 0 aromatic heterocycles. The molecule has 20 heavy (non-hydrogen) atoms. The van der Waals surface area contributed by atoms with Crippen LogP contribution < -0.4 is 4.74 Å². The number of carbonyl (C=O) groups is 1. The van der Waals surface area contributed by atoms with Crippen molar-refractivity contribution in [3.8, 4) is 5.75 Å². The zero-order valence-corrected chi connectivity index (χ0v) is 12.0. The van der Waals surface area contributed by atoms with E-state index in [1.54, 1.807) is 18.2 Å². The highest BCUT2D eigenvalue weighted by Gasteiger charge is 2.07. The molecule has 0 radical (unpaired) electrons. The smallest absolute Gasteiger partial charge is 0.159 e. The minimum Gasteiger partial charge on any atom is -0.489 e. The number of ether oxygens (including phenoxy) is 1. The van der Waals surface area contributed by atoms with E-state index in [4.69, 9.17) is 16.3 Å². The van der Waals surface area contributed by atoms with Gasteiger partial charge >= 0.3 is 0 Å². The third kappa shape index (κ3) is 3.36. The van der Waals surface area contributed by atoms with Crippen LogP contribution in [-0.4, -0.2) is 5.78 Å². The lowest BCUT2D eigenvalue weighted by atomic mass is 10.1. The van der Waals surface area contributed by atoms with Crippen molar-refractivity contribution in [2.24, 2.45) is 0 Å². The van der Waals surface area contributed by atoms with Gasteiger partial charge in [-0.2, -0.15) is 0 Å². The first-order valence-corrected chi connectivity index (χ1v) is 6.53. The molecule has 0 N–H and O–H groups in total. The van der Waals surface area contributed by atoms with E-state index in [0.29, 0.717) is 21.9 Å². The fourth-order valence-corrected chi connectivity index (χ4v) is 2.03. The second-order valence-corrected chi connectivity index (χ2v) is 5.00. The molecule has 0 saturated heterocycles. The molecule has 0 fully saturated rings. The van der Waals surface area contributed by atoms with Crippen molar-refractivity contribution < 1.29 is 13.9 Å². The third-order valence-corrected chi connectivity index (χ3v) is 3.21. The summed E-state index contributed by atoms with van der Waals surface area (Å²) in [5.41, 5.74) is 1.86. The first-order valence-electron chi connectivity index (χ1n) is 6.15. The van der Waals surface area contributed by atoms with Crippen LogP contribution in [0.25, 0.3) is 0 Å². The second-order valence-electron chi connectivity index (χ2n) is 4.56. The molecule has 0 aliphatic rings. The average molecular weight is 293 g/mol. The highest BCUT2D eigenvalue weighted by molar-refractivity contribution is 6.30. The van der Waals surface area contributed by atoms with Gasteiger partial charge in [-0.1, -0.05) is 11.6 Å². The van der Waals surface area contributed by atoms with E-state index in [9.17, 15) is 9.18 Å². The quantitative estimate of drug-likeness (QED) is 0.772. The molecule has 0 aliphatic heterocycles. The number of rotatable bonds is 4. The van der Waals surface area contributed by atoms with Crippen LogP contribution in [0.5, 0.6) is 5.75 Å². The summed E-state index contributed by atoms with van der Waals surface area (Å²) >= 11 is 5.83. The number of hydrogen-bond acceptors (Lipinski definition) is 2.